The van der Waals surface area contributed by atoms with Crippen LogP contribution in [0.15, 0.2) is 12.1 Å². The molecule has 120 valence electrons. The quantitative estimate of drug-likeness (QED) is 0.650. The lowest BCUT2D eigenvalue weighted by Gasteiger charge is -2.16. The Balaban J connectivity index is 2.53. The maximum absolute atomic E-state index is 9.87. The average molecular weight is 318 g/mol. The molecule has 2 N–H and O–H groups in total. The van der Waals surface area contributed by atoms with E-state index in [1.165, 1.54) is 0 Å². The summed E-state index contributed by atoms with van der Waals surface area (Å²) in [6.07, 6.45) is 1.49. The molecule has 0 saturated heterocycles. The van der Waals surface area contributed by atoms with Gasteiger partial charge < -0.3 is 24.6 Å². The highest BCUT2D eigenvalue weighted by Gasteiger charge is 2.11. The number of ether oxygens (including phenoxy) is 3. The van der Waals surface area contributed by atoms with Crippen molar-refractivity contribution in [2.45, 2.75) is 25.9 Å². The third kappa shape index (κ3) is 5.99. The second-order valence-corrected chi connectivity index (χ2v) is 5.06. The number of hydrogen-bond acceptors (Lipinski definition) is 5. The number of unbranched alkanes of at least 4 members (excludes halogenated alkanes) is 1. The Kier molecular flexibility index (Phi) is 8.27. The van der Waals surface area contributed by atoms with Gasteiger partial charge in [-0.1, -0.05) is 24.9 Å². The molecule has 0 aromatic heterocycles. The molecule has 1 aromatic carbocycles. The van der Waals surface area contributed by atoms with Gasteiger partial charge in [0.25, 0.3) is 0 Å². The Morgan fingerprint density at radius 3 is 2.57 bits per heavy atom. The van der Waals surface area contributed by atoms with Gasteiger partial charge in [0, 0.05) is 25.3 Å². The summed E-state index contributed by atoms with van der Waals surface area (Å²) in [6, 6.07) is 3.42. The Morgan fingerprint density at radius 1 is 1.24 bits per heavy atom. The van der Waals surface area contributed by atoms with Gasteiger partial charge in [-0.3, -0.25) is 0 Å². The van der Waals surface area contributed by atoms with Gasteiger partial charge in [-0.25, -0.2) is 0 Å². The molecule has 0 radical (unpaired) electrons. The van der Waals surface area contributed by atoms with Crippen LogP contribution in [0.2, 0.25) is 5.02 Å². The lowest BCUT2D eigenvalue weighted by molar-refractivity contribution is 0.0421. The molecule has 1 unspecified atom stereocenters. The molecule has 1 rings (SSSR count). The monoisotopic (exact) mass is 317 g/mol. The zero-order valence-corrected chi connectivity index (χ0v) is 13.6. The molecular weight excluding hydrogens is 294 g/mol. The number of halogens is 1. The number of benzene rings is 1. The van der Waals surface area contributed by atoms with Crippen molar-refractivity contribution in [1.82, 2.24) is 0 Å². The summed E-state index contributed by atoms with van der Waals surface area (Å²) in [5.41, 5.74) is 0.714. The fourth-order valence-corrected chi connectivity index (χ4v) is 1.98. The minimum absolute atomic E-state index is 0.306. The molecule has 5 nitrogen and oxygen atoms in total. The van der Waals surface area contributed by atoms with E-state index in [9.17, 15) is 5.11 Å². The number of nitrogens with one attached hydrogen (secondary N) is 1. The smallest absolute Gasteiger partial charge is 0.143 e. The Labute approximate surface area is 131 Å². The summed E-state index contributed by atoms with van der Waals surface area (Å²) in [5.74, 6) is 1.15. The molecular formula is C15H24ClNO4. The molecule has 1 aromatic rings. The van der Waals surface area contributed by atoms with Gasteiger partial charge in [0.1, 0.15) is 11.5 Å². The zero-order valence-electron chi connectivity index (χ0n) is 12.8. The van der Waals surface area contributed by atoms with Gasteiger partial charge in [-0.05, 0) is 6.42 Å². The van der Waals surface area contributed by atoms with Crippen LogP contribution < -0.4 is 14.8 Å². The van der Waals surface area contributed by atoms with Crippen LogP contribution in [0.3, 0.4) is 0 Å². The van der Waals surface area contributed by atoms with Gasteiger partial charge in [0.2, 0.25) is 0 Å². The molecule has 0 fully saturated rings. The van der Waals surface area contributed by atoms with Crippen molar-refractivity contribution < 1.29 is 19.3 Å². The topological polar surface area (TPSA) is 60.0 Å². The summed E-state index contributed by atoms with van der Waals surface area (Å²) in [5, 5.41) is 13.5. The van der Waals surface area contributed by atoms with Crippen LogP contribution in [0, 0.1) is 0 Å². The molecule has 0 aliphatic carbocycles. The van der Waals surface area contributed by atoms with E-state index >= 15 is 0 Å². The highest BCUT2D eigenvalue weighted by atomic mass is 35.5. The molecule has 0 amide bonds. The number of hydrogen-bond donors (Lipinski definition) is 2. The number of methoxy groups -OCH3 is 2. The first-order valence-corrected chi connectivity index (χ1v) is 7.41. The molecule has 0 spiro atoms. The maximum atomic E-state index is 9.87. The standard InChI is InChI=1S/C15H24ClNO4/c1-4-5-6-21-10-11(18)9-17-13-8-14(19-2)12(16)7-15(13)20-3/h7-8,11,17-18H,4-6,9-10H2,1-3H3. The van der Waals surface area contributed by atoms with E-state index in [4.69, 9.17) is 25.8 Å². The van der Waals surface area contributed by atoms with Gasteiger partial charge in [-0.2, -0.15) is 0 Å². The number of aliphatic hydroxyl groups is 1. The first-order chi connectivity index (χ1) is 10.1. The highest BCUT2D eigenvalue weighted by Crippen LogP contribution is 2.35. The minimum Gasteiger partial charge on any atom is -0.495 e. The minimum atomic E-state index is -0.590. The normalized spacial score (nSPS) is 12.0. The molecule has 0 bridgehead atoms. The SMILES string of the molecule is CCCCOCC(O)CNc1cc(OC)c(Cl)cc1OC. The molecule has 0 aliphatic rings. The maximum Gasteiger partial charge on any atom is 0.143 e. The van der Waals surface area contributed by atoms with E-state index in [0.717, 1.165) is 12.8 Å². The van der Waals surface area contributed by atoms with Crippen molar-refractivity contribution in [2.24, 2.45) is 0 Å². The second-order valence-electron chi connectivity index (χ2n) is 4.65. The third-order valence-electron chi connectivity index (χ3n) is 2.95. The largest absolute Gasteiger partial charge is 0.495 e. The van der Waals surface area contributed by atoms with Crippen molar-refractivity contribution in [3.05, 3.63) is 17.2 Å². The van der Waals surface area contributed by atoms with Gasteiger partial charge in [0.15, 0.2) is 0 Å². The Morgan fingerprint density at radius 2 is 1.95 bits per heavy atom. The molecule has 21 heavy (non-hydrogen) atoms. The number of anilines is 1. The molecule has 1 atom stereocenters. The lowest BCUT2D eigenvalue weighted by atomic mass is 10.2. The van der Waals surface area contributed by atoms with Crippen LogP contribution in [0.5, 0.6) is 11.5 Å². The predicted molar refractivity (Wildman–Crippen MR) is 84.8 cm³/mol. The van der Waals surface area contributed by atoms with Crippen molar-refractivity contribution in [2.75, 3.05) is 39.3 Å². The van der Waals surface area contributed by atoms with Gasteiger partial charge in [0.05, 0.1) is 37.6 Å². The second kappa shape index (κ2) is 9.71. The summed E-state index contributed by atoms with van der Waals surface area (Å²) in [6.45, 7) is 3.43. The van der Waals surface area contributed by atoms with Crippen molar-refractivity contribution in [3.63, 3.8) is 0 Å². The van der Waals surface area contributed by atoms with Gasteiger partial charge >= 0.3 is 0 Å². The van der Waals surface area contributed by atoms with E-state index in [0.29, 0.717) is 42.0 Å². The van der Waals surface area contributed by atoms with Crippen LogP contribution in [0.4, 0.5) is 5.69 Å². The number of aliphatic hydroxyl groups excluding tert-OH is 1. The summed E-state index contributed by atoms with van der Waals surface area (Å²) in [4.78, 5) is 0. The summed E-state index contributed by atoms with van der Waals surface area (Å²) < 4.78 is 15.8. The Hall–Kier alpha value is -1.17. The van der Waals surface area contributed by atoms with E-state index in [-0.39, 0.29) is 0 Å². The summed E-state index contributed by atoms with van der Waals surface area (Å²) in [7, 11) is 3.11. The van der Waals surface area contributed by atoms with Crippen LogP contribution >= 0.6 is 11.6 Å². The zero-order chi connectivity index (χ0) is 15.7. The fourth-order valence-electron chi connectivity index (χ4n) is 1.75. The van der Waals surface area contributed by atoms with E-state index in [1.807, 2.05) is 0 Å². The lowest BCUT2D eigenvalue weighted by Crippen LogP contribution is -2.25. The Bertz CT molecular complexity index is 428. The van der Waals surface area contributed by atoms with E-state index in [1.54, 1.807) is 26.4 Å². The first kappa shape index (κ1) is 17.9. The average Bonchev–Trinajstić information content (AvgIpc) is 2.49. The van der Waals surface area contributed by atoms with E-state index < -0.39 is 6.10 Å². The van der Waals surface area contributed by atoms with Crippen LogP contribution in [0.1, 0.15) is 19.8 Å². The van der Waals surface area contributed by atoms with E-state index in [2.05, 4.69) is 12.2 Å². The van der Waals surface area contributed by atoms with Gasteiger partial charge in [-0.15, -0.1) is 0 Å². The molecule has 0 aliphatic heterocycles. The van der Waals surface area contributed by atoms with Crippen molar-refractivity contribution in [1.29, 1.82) is 0 Å². The molecule has 0 heterocycles. The van der Waals surface area contributed by atoms with Crippen LogP contribution in [0.25, 0.3) is 0 Å². The van der Waals surface area contributed by atoms with Crippen LogP contribution in [-0.2, 0) is 4.74 Å². The predicted octanol–water partition coefficient (Wildman–Crippen LogP) is 2.95. The third-order valence-corrected chi connectivity index (χ3v) is 3.25. The molecule has 0 saturated carbocycles. The van der Waals surface area contributed by atoms with Crippen LogP contribution in [-0.4, -0.2) is 45.2 Å². The molecule has 6 heteroatoms. The summed E-state index contributed by atoms with van der Waals surface area (Å²) >= 11 is 6.04. The number of rotatable bonds is 10. The first-order valence-electron chi connectivity index (χ1n) is 7.03. The fraction of sp³-hybridized carbons (Fsp3) is 0.600. The highest BCUT2D eigenvalue weighted by molar-refractivity contribution is 6.32. The van der Waals surface area contributed by atoms with Crippen molar-refractivity contribution in [3.8, 4) is 11.5 Å². The van der Waals surface area contributed by atoms with Crippen molar-refractivity contribution >= 4 is 17.3 Å².